The van der Waals surface area contributed by atoms with Gasteiger partial charge in [-0.2, -0.15) is 0 Å². The van der Waals surface area contributed by atoms with Gasteiger partial charge in [-0.25, -0.2) is 13.2 Å². The van der Waals surface area contributed by atoms with Gasteiger partial charge in [-0.15, -0.1) is 0 Å². The fourth-order valence-electron chi connectivity index (χ4n) is 1.87. The molecule has 2 aromatic rings. The van der Waals surface area contributed by atoms with Crippen LogP contribution in [-0.2, 0) is 6.42 Å². The molecule has 0 bridgehead atoms. The lowest BCUT2D eigenvalue weighted by molar-refractivity contribution is 0.0981. The Balaban J connectivity index is 2.07. The Morgan fingerprint density at radius 2 is 1.55 bits per heavy atom. The molecule has 0 heterocycles. The third-order valence-electron chi connectivity index (χ3n) is 3.07. The number of ketones is 1. The van der Waals surface area contributed by atoms with Gasteiger partial charge in [0, 0.05) is 12.0 Å². The molecule has 0 atom stereocenters. The van der Waals surface area contributed by atoms with Crippen molar-refractivity contribution in [1.29, 1.82) is 0 Å². The van der Waals surface area contributed by atoms with E-state index in [0.717, 1.165) is 23.3 Å². The lowest BCUT2D eigenvalue weighted by Crippen LogP contribution is -2.04. The smallest absolute Gasteiger partial charge is 0.194 e. The van der Waals surface area contributed by atoms with E-state index in [1.807, 2.05) is 31.2 Å². The topological polar surface area (TPSA) is 17.1 Å². The molecule has 0 saturated carbocycles. The van der Waals surface area contributed by atoms with Crippen molar-refractivity contribution in [3.63, 3.8) is 0 Å². The van der Waals surface area contributed by atoms with Crippen LogP contribution in [0.1, 0.15) is 27.9 Å². The highest BCUT2D eigenvalue weighted by Gasteiger charge is 2.14. The first-order chi connectivity index (χ1) is 9.47. The van der Waals surface area contributed by atoms with Crippen LogP contribution < -0.4 is 0 Å². The van der Waals surface area contributed by atoms with Gasteiger partial charge in [0.05, 0.1) is 0 Å². The molecule has 0 amide bonds. The predicted octanol–water partition coefficient (Wildman–Crippen LogP) is 4.23. The molecular weight excluding hydrogens is 265 g/mol. The molecule has 0 N–H and O–H groups in total. The van der Waals surface area contributed by atoms with Gasteiger partial charge in [0.2, 0.25) is 0 Å². The van der Waals surface area contributed by atoms with E-state index in [2.05, 4.69) is 0 Å². The van der Waals surface area contributed by atoms with Crippen molar-refractivity contribution < 1.29 is 18.0 Å². The highest BCUT2D eigenvalue weighted by atomic mass is 19.2. The molecule has 0 aliphatic rings. The Morgan fingerprint density at radius 3 is 2.10 bits per heavy atom. The maximum absolute atomic E-state index is 13.0. The number of hydrogen-bond donors (Lipinski definition) is 0. The molecule has 0 radical (unpaired) electrons. The number of aryl methyl sites for hydroxylation is 2. The Labute approximate surface area is 115 Å². The van der Waals surface area contributed by atoms with Gasteiger partial charge in [-0.1, -0.05) is 29.8 Å². The maximum atomic E-state index is 13.0. The summed E-state index contributed by atoms with van der Waals surface area (Å²) in [5.74, 6) is -4.66. The minimum Gasteiger partial charge on any atom is -0.294 e. The largest absolute Gasteiger partial charge is 0.294 e. The molecule has 1 nitrogen and oxygen atoms in total. The van der Waals surface area contributed by atoms with Crippen molar-refractivity contribution in [2.75, 3.05) is 0 Å². The van der Waals surface area contributed by atoms with Crippen LogP contribution in [0.5, 0.6) is 0 Å². The lowest BCUT2D eigenvalue weighted by atomic mass is 10.0. The summed E-state index contributed by atoms with van der Waals surface area (Å²) in [4.78, 5) is 11.8. The van der Waals surface area contributed by atoms with Crippen LogP contribution in [0.3, 0.4) is 0 Å². The monoisotopic (exact) mass is 278 g/mol. The summed E-state index contributed by atoms with van der Waals surface area (Å²) in [6.45, 7) is 1.96. The zero-order valence-corrected chi connectivity index (χ0v) is 10.9. The summed E-state index contributed by atoms with van der Waals surface area (Å²) >= 11 is 0. The molecule has 0 spiro atoms. The van der Waals surface area contributed by atoms with Crippen molar-refractivity contribution >= 4 is 5.78 Å². The third-order valence-corrected chi connectivity index (χ3v) is 3.07. The first-order valence-corrected chi connectivity index (χ1v) is 6.20. The minimum absolute atomic E-state index is 0.119. The zero-order valence-electron chi connectivity index (χ0n) is 10.9. The molecule has 0 saturated heterocycles. The average Bonchev–Trinajstić information content (AvgIpc) is 2.43. The first-order valence-electron chi connectivity index (χ1n) is 6.20. The normalized spacial score (nSPS) is 10.6. The Hall–Kier alpha value is -2.10. The number of rotatable bonds is 4. The summed E-state index contributed by atoms with van der Waals surface area (Å²) in [5, 5.41) is 0. The van der Waals surface area contributed by atoms with Crippen molar-refractivity contribution in [2.24, 2.45) is 0 Å². The van der Waals surface area contributed by atoms with E-state index in [0.29, 0.717) is 6.42 Å². The van der Waals surface area contributed by atoms with Crippen molar-refractivity contribution in [3.05, 3.63) is 70.5 Å². The summed E-state index contributed by atoms with van der Waals surface area (Å²) in [5.41, 5.74) is 1.93. The van der Waals surface area contributed by atoms with Gasteiger partial charge in [0.15, 0.2) is 23.2 Å². The number of benzene rings is 2. The fourth-order valence-corrected chi connectivity index (χ4v) is 1.87. The number of halogens is 3. The molecule has 0 aromatic heterocycles. The van der Waals surface area contributed by atoms with Crippen molar-refractivity contribution in [2.45, 2.75) is 19.8 Å². The van der Waals surface area contributed by atoms with E-state index in [9.17, 15) is 18.0 Å². The molecule has 0 fully saturated rings. The van der Waals surface area contributed by atoms with Crippen LogP contribution >= 0.6 is 0 Å². The Morgan fingerprint density at radius 1 is 1.00 bits per heavy atom. The standard InChI is InChI=1S/C16H13F3O/c1-10-2-4-11(5-3-10)6-7-15(20)12-8-13(17)16(19)14(18)9-12/h2-5,8-9H,6-7H2,1H3. The SMILES string of the molecule is Cc1ccc(CCC(=O)c2cc(F)c(F)c(F)c2)cc1. The second kappa shape index (κ2) is 5.90. The summed E-state index contributed by atoms with van der Waals surface area (Å²) in [7, 11) is 0. The maximum Gasteiger partial charge on any atom is 0.194 e. The van der Waals surface area contributed by atoms with Crippen molar-refractivity contribution in [3.8, 4) is 0 Å². The molecule has 0 aliphatic carbocycles. The molecule has 2 aromatic carbocycles. The van der Waals surface area contributed by atoms with E-state index in [-0.39, 0.29) is 12.0 Å². The van der Waals surface area contributed by atoms with Gasteiger partial charge in [0.25, 0.3) is 0 Å². The Kier molecular flexibility index (Phi) is 4.23. The zero-order chi connectivity index (χ0) is 14.7. The quantitative estimate of drug-likeness (QED) is 0.604. The number of hydrogen-bond acceptors (Lipinski definition) is 1. The molecule has 0 aliphatic heterocycles. The predicted molar refractivity (Wildman–Crippen MR) is 70.1 cm³/mol. The van der Waals surface area contributed by atoms with E-state index >= 15 is 0 Å². The summed E-state index contributed by atoms with van der Waals surface area (Å²) in [6, 6.07) is 9.11. The molecule has 20 heavy (non-hydrogen) atoms. The van der Waals surface area contributed by atoms with Crippen LogP contribution in [0.2, 0.25) is 0 Å². The van der Waals surface area contributed by atoms with Crippen LogP contribution in [-0.4, -0.2) is 5.78 Å². The van der Waals surface area contributed by atoms with E-state index in [1.165, 1.54) is 0 Å². The summed E-state index contributed by atoms with van der Waals surface area (Å²) < 4.78 is 38.9. The van der Waals surface area contributed by atoms with Gasteiger partial charge >= 0.3 is 0 Å². The van der Waals surface area contributed by atoms with Crippen molar-refractivity contribution in [1.82, 2.24) is 0 Å². The van der Waals surface area contributed by atoms with Crippen LogP contribution in [0.4, 0.5) is 13.2 Å². The summed E-state index contributed by atoms with van der Waals surface area (Å²) in [6.07, 6.45) is 0.591. The number of carbonyl (C=O) groups is 1. The highest BCUT2D eigenvalue weighted by molar-refractivity contribution is 5.96. The molecule has 2 rings (SSSR count). The lowest BCUT2D eigenvalue weighted by Gasteiger charge is -2.04. The molecular formula is C16H13F3O. The second-order valence-electron chi connectivity index (χ2n) is 4.66. The van der Waals surface area contributed by atoms with Crippen LogP contribution in [0.15, 0.2) is 36.4 Å². The van der Waals surface area contributed by atoms with Gasteiger partial charge < -0.3 is 0 Å². The van der Waals surface area contributed by atoms with Gasteiger partial charge in [-0.3, -0.25) is 4.79 Å². The van der Waals surface area contributed by atoms with Gasteiger partial charge in [0.1, 0.15) is 0 Å². The number of Topliss-reactive ketones (excluding diaryl/α,β-unsaturated/α-hetero) is 1. The van der Waals surface area contributed by atoms with E-state index in [4.69, 9.17) is 0 Å². The molecule has 4 heteroatoms. The Bertz CT molecular complexity index is 610. The third kappa shape index (κ3) is 3.26. The fraction of sp³-hybridized carbons (Fsp3) is 0.188. The average molecular weight is 278 g/mol. The first kappa shape index (κ1) is 14.3. The van der Waals surface area contributed by atoms with Crippen LogP contribution in [0, 0.1) is 24.4 Å². The second-order valence-corrected chi connectivity index (χ2v) is 4.66. The highest BCUT2D eigenvalue weighted by Crippen LogP contribution is 2.16. The number of carbonyl (C=O) groups excluding carboxylic acids is 1. The van der Waals surface area contributed by atoms with Crippen LogP contribution in [0.25, 0.3) is 0 Å². The van der Waals surface area contributed by atoms with E-state index < -0.39 is 23.2 Å². The van der Waals surface area contributed by atoms with Gasteiger partial charge in [-0.05, 0) is 31.0 Å². The molecule has 0 unspecified atom stereocenters. The van der Waals surface area contributed by atoms with E-state index in [1.54, 1.807) is 0 Å². The minimum atomic E-state index is -1.56. The molecule has 104 valence electrons.